The lowest BCUT2D eigenvalue weighted by atomic mass is 10.2. The Bertz CT molecular complexity index is 793. The van der Waals surface area contributed by atoms with Crippen molar-refractivity contribution in [2.45, 2.75) is 26.1 Å². The van der Waals surface area contributed by atoms with Crippen molar-refractivity contribution >= 4 is 23.3 Å². The average molecular weight is 358 g/mol. The number of para-hydroxylation sites is 3. The lowest BCUT2D eigenvalue weighted by Gasteiger charge is -2.17. The molecule has 2 atom stereocenters. The van der Waals surface area contributed by atoms with Crippen molar-refractivity contribution in [2.24, 2.45) is 0 Å². The molecular weight excluding hydrogens is 340 g/mol. The molecule has 2 aromatic carbocycles. The van der Waals surface area contributed by atoms with E-state index in [1.54, 1.807) is 30.3 Å². The van der Waals surface area contributed by atoms with Crippen LogP contribution in [-0.4, -0.2) is 29.0 Å². The number of amides is 1. The van der Waals surface area contributed by atoms with Gasteiger partial charge in [0.1, 0.15) is 11.4 Å². The summed E-state index contributed by atoms with van der Waals surface area (Å²) in [4.78, 5) is 34.6. The first kappa shape index (κ1) is 18.9. The Labute approximate surface area is 149 Å². The minimum atomic E-state index is -1.15. The van der Waals surface area contributed by atoms with E-state index in [4.69, 9.17) is 9.47 Å². The van der Waals surface area contributed by atoms with Crippen LogP contribution in [0.1, 0.15) is 13.8 Å². The molecule has 0 saturated heterocycles. The third-order valence-electron chi connectivity index (χ3n) is 3.41. The first-order chi connectivity index (χ1) is 12.4. The number of carbonyl (C=O) groups excluding carboxylic acids is 2. The second kappa shape index (κ2) is 8.61. The number of rotatable bonds is 7. The van der Waals surface area contributed by atoms with Crippen LogP contribution in [-0.2, 0) is 14.3 Å². The fourth-order valence-electron chi connectivity index (χ4n) is 2.05. The van der Waals surface area contributed by atoms with Gasteiger partial charge in [0.15, 0.2) is 12.2 Å². The van der Waals surface area contributed by atoms with Crippen LogP contribution >= 0.6 is 0 Å². The van der Waals surface area contributed by atoms with Crippen LogP contribution < -0.4 is 10.1 Å². The predicted molar refractivity (Wildman–Crippen MR) is 93.8 cm³/mol. The minimum absolute atomic E-state index is 0.0268. The maximum absolute atomic E-state index is 12.2. The summed E-state index contributed by atoms with van der Waals surface area (Å²) in [5, 5.41) is 13.4. The van der Waals surface area contributed by atoms with Crippen LogP contribution in [0.3, 0.4) is 0 Å². The summed E-state index contributed by atoms with van der Waals surface area (Å²) in [5.74, 6) is -0.910. The molecule has 2 unspecified atom stereocenters. The number of nitro groups is 1. The second-order valence-corrected chi connectivity index (χ2v) is 5.42. The van der Waals surface area contributed by atoms with Gasteiger partial charge in [0.25, 0.3) is 11.6 Å². The highest BCUT2D eigenvalue weighted by molar-refractivity contribution is 5.97. The third kappa shape index (κ3) is 5.04. The normalized spacial score (nSPS) is 12.5. The Morgan fingerprint density at radius 2 is 1.62 bits per heavy atom. The van der Waals surface area contributed by atoms with E-state index in [0.717, 1.165) is 0 Å². The number of carbonyl (C=O) groups is 2. The lowest BCUT2D eigenvalue weighted by Crippen LogP contribution is -2.35. The van der Waals surface area contributed by atoms with E-state index in [9.17, 15) is 19.7 Å². The SMILES string of the molecule is CC(OC(=O)C(C)Oc1ccccc1)C(=O)Nc1ccccc1[N+](=O)[O-]. The standard InChI is InChI=1S/C18H18N2O6/c1-12(17(21)19-15-10-6-7-11-16(15)20(23)24)26-18(22)13(2)25-14-8-4-3-5-9-14/h3-13H,1-2H3,(H,19,21). The molecule has 0 radical (unpaired) electrons. The molecule has 2 rings (SSSR count). The smallest absolute Gasteiger partial charge is 0.347 e. The van der Waals surface area contributed by atoms with Gasteiger partial charge in [-0.25, -0.2) is 4.79 Å². The quantitative estimate of drug-likeness (QED) is 0.463. The summed E-state index contributed by atoms with van der Waals surface area (Å²) in [6, 6.07) is 14.4. The zero-order valence-electron chi connectivity index (χ0n) is 14.2. The van der Waals surface area contributed by atoms with Gasteiger partial charge >= 0.3 is 5.97 Å². The molecule has 1 N–H and O–H groups in total. The molecule has 0 heterocycles. The Hall–Kier alpha value is -3.42. The zero-order chi connectivity index (χ0) is 19.1. The topological polar surface area (TPSA) is 108 Å². The van der Waals surface area contributed by atoms with Crippen molar-refractivity contribution in [3.05, 3.63) is 64.7 Å². The van der Waals surface area contributed by atoms with E-state index in [-0.39, 0.29) is 11.4 Å². The molecule has 26 heavy (non-hydrogen) atoms. The summed E-state index contributed by atoms with van der Waals surface area (Å²) in [5.41, 5.74) is -0.223. The molecule has 0 aliphatic rings. The molecular formula is C18H18N2O6. The van der Waals surface area contributed by atoms with Crippen molar-refractivity contribution in [1.82, 2.24) is 0 Å². The number of hydrogen-bond donors (Lipinski definition) is 1. The first-order valence-electron chi connectivity index (χ1n) is 7.85. The molecule has 0 fully saturated rings. The molecule has 0 aliphatic carbocycles. The van der Waals surface area contributed by atoms with Crippen LogP contribution in [0.25, 0.3) is 0 Å². The highest BCUT2D eigenvalue weighted by Gasteiger charge is 2.25. The van der Waals surface area contributed by atoms with Gasteiger partial charge in [0.05, 0.1) is 4.92 Å². The van der Waals surface area contributed by atoms with Gasteiger partial charge < -0.3 is 14.8 Å². The highest BCUT2D eigenvalue weighted by Crippen LogP contribution is 2.23. The van der Waals surface area contributed by atoms with Crippen LogP contribution in [0.4, 0.5) is 11.4 Å². The number of nitrogens with one attached hydrogen (secondary N) is 1. The number of hydrogen-bond acceptors (Lipinski definition) is 6. The van der Waals surface area contributed by atoms with Gasteiger partial charge in [-0.05, 0) is 32.0 Å². The van der Waals surface area contributed by atoms with Crippen LogP contribution in [0.15, 0.2) is 54.6 Å². The van der Waals surface area contributed by atoms with Gasteiger partial charge in [-0.15, -0.1) is 0 Å². The molecule has 1 amide bonds. The van der Waals surface area contributed by atoms with E-state index < -0.39 is 29.0 Å². The largest absolute Gasteiger partial charge is 0.479 e. The monoisotopic (exact) mass is 358 g/mol. The Morgan fingerprint density at radius 1 is 1.00 bits per heavy atom. The number of nitrogens with zero attached hydrogens (tertiary/aromatic N) is 1. The summed E-state index contributed by atoms with van der Waals surface area (Å²) in [6.45, 7) is 2.87. The summed E-state index contributed by atoms with van der Waals surface area (Å²) in [6.07, 6.45) is -2.07. The van der Waals surface area contributed by atoms with Gasteiger partial charge in [0, 0.05) is 6.07 Å². The number of ether oxygens (including phenoxy) is 2. The van der Waals surface area contributed by atoms with Crippen LogP contribution in [0.5, 0.6) is 5.75 Å². The van der Waals surface area contributed by atoms with Crippen molar-refractivity contribution in [3.8, 4) is 5.75 Å². The fraction of sp³-hybridized carbons (Fsp3) is 0.222. The highest BCUT2D eigenvalue weighted by atomic mass is 16.6. The molecule has 0 saturated carbocycles. The number of esters is 1. The molecule has 0 spiro atoms. The van der Waals surface area contributed by atoms with Crippen molar-refractivity contribution in [2.75, 3.05) is 5.32 Å². The lowest BCUT2D eigenvalue weighted by molar-refractivity contribution is -0.383. The zero-order valence-corrected chi connectivity index (χ0v) is 14.2. The van der Waals surface area contributed by atoms with Gasteiger partial charge in [-0.3, -0.25) is 14.9 Å². The van der Waals surface area contributed by atoms with Gasteiger partial charge in [0.2, 0.25) is 0 Å². The van der Waals surface area contributed by atoms with Crippen molar-refractivity contribution in [1.29, 1.82) is 0 Å². The number of benzene rings is 2. The third-order valence-corrected chi connectivity index (χ3v) is 3.41. The molecule has 2 aromatic rings. The summed E-state index contributed by atoms with van der Waals surface area (Å²) < 4.78 is 10.5. The predicted octanol–water partition coefficient (Wildman–Crippen LogP) is 2.93. The van der Waals surface area contributed by atoms with Gasteiger partial charge in [-0.2, -0.15) is 0 Å². The Morgan fingerprint density at radius 3 is 2.27 bits per heavy atom. The van der Waals surface area contributed by atoms with E-state index in [1.807, 2.05) is 6.07 Å². The molecule has 0 aromatic heterocycles. The minimum Gasteiger partial charge on any atom is -0.479 e. The summed E-state index contributed by atoms with van der Waals surface area (Å²) in [7, 11) is 0. The number of nitro benzene ring substituents is 1. The van der Waals surface area contributed by atoms with Crippen molar-refractivity contribution < 1.29 is 24.0 Å². The second-order valence-electron chi connectivity index (χ2n) is 5.42. The number of anilines is 1. The van der Waals surface area contributed by atoms with Gasteiger partial charge in [-0.1, -0.05) is 30.3 Å². The fourth-order valence-corrected chi connectivity index (χ4v) is 2.05. The van der Waals surface area contributed by atoms with E-state index in [0.29, 0.717) is 5.75 Å². The van der Waals surface area contributed by atoms with Crippen LogP contribution in [0.2, 0.25) is 0 Å². The maximum Gasteiger partial charge on any atom is 0.347 e. The average Bonchev–Trinajstić information content (AvgIpc) is 2.62. The van der Waals surface area contributed by atoms with Crippen LogP contribution in [0, 0.1) is 10.1 Å². The van der Waals surface area contributed by atoms with E-state index in [1.165, 1.54) is 32.0 Å². The molecule has 136 valence electrons. The van der Waals surface area contributed by atoms with E-state index in [2.05, 4.69) is 5.32 Å². The first-order valence-corrected chi connectivity index (χ1v) is 7.85. The Balaban J connectivity index is 1.94. The van der Waals surface area contributed by atoms with Crippen molar-refractivity contribution in [3.63, 3.8) is 0 Å². The molecule has 0 bridgehead atoms. The molecule has 8 nitrogen and oxygen atoms in total. The maximum atomic E-state index is 12.2. The molecule has 8 heteroatoms. The summed E-state index contributed by atoms with van der Waals surface area (Å²) >= 11 is 0. The Kier molecular flexibility index (Phi) is 6.26. The molecule has 0 aliphatic heterocycles. The van der Waals surface area contributed by atoms with E-state index >= 15 is 0 Å².